The zero-order valence-corrected chi connectivity index (χ0v) is 15.3. The quantitative estimate of drug-likeness (QED) is 0.663. The molecule has 0 aliphatic heterocycles. The summed E-state index contributed by atoms with van der Waals surface area (Å²) in [5, 5.41) is 5.36. The van der Waals surface area contributed by atoms with E-state index in [1.807, 2.05) is 0 Å². The van der Waals surface area contributed by atoms with Gasteiger partial charge in [-0.15, -0.1) is 0 Å². The van der Waals surface area contributed by atoms with Crippen LogP contribution in [0.3, 0.4) is 0 Å². The molecule has 3 rings (SSSR count). The number of halogens is 2. The van der Waals surface area contributed by atoms with E-state index in [4.69, 9.17) is 0 Å². The summed E-state index contributed by atoms with van der Waals surface area (Å²) >= 11 is 0. The summed E-state index contributed by atoms with van der Waals surface area (Å²) in [4.78, 5) is 24.6. The predicted octanol–water partition coefficient (Wildman–Crippen LogP) is 5.09. The first-order valence-corrected chi connectivity index (χ1v) is 8.60. The van der Waals surface area contributed by atoms with E-state index in [-0.39, 0.29) is 11.1 Å². The number of hydrogen-bond donors (Lipinski definition) is 2. The van der Waals surface area contributed by atoms with Gasteiger partial charge in [0.25, 0.3) is 11.8 Å². The standard InChI is InChI=1S/C22H18F2N2O2/c1-13-11-20(26-22(28)16-8-4-6-10-18(16)24)14(2)12-19(13)25-21(27)15-7-3-5-9-17(15)23/h3-12H,1-2H3,(H,25,27)(H,26,28). The fourth-order valence-corrected chi connectivity index (χ4v) is 2.76. The normalized spacial score (nSPS) is 10.4. The molecule has 0 saturated heterocycles. The molecule has 0 fully saturated rings. The Labute approximate surface area is 161 Å². The predicted molar refractivity (Wildman–Crippen MR) is 105 cm³/mol. The van der Waals surface area contributed by atoms with E-state index in [0.717, 1.165) is 0 Å². The van der Waals surface area contributed by atoms with Crippen LogP contribution >= 0.6 is 0 Å². The maximum atomic E-state index is 13.8. The molecular formula is C22H18F2N2O2. The van der Waals surface area contributed by atoms with E-state index >= 15 is 0 Å². The summed E-state index contributed by atoms with van der Waals surface area (Å²) in [5.41, 5.74) is 2.20. The van der Waals surface area contributed by atoms with Crippen molar-refractivity contribution in [1.29, 1.82) is 0 Å². The number of anilines is 2. The molecule has 142 valence electrons. The van der Waals surface area contributed by atoms with Crippen LogP contribution in [0.25, 0.3) is 0 Å². The molecule has 0 saturated carbocycles. The van der Waals surface area contributed by atoms with Crippen LogP contribution in [-0.4, -0.2) is 11.8 Å². The first-order valence-electron chi connectivity index (χ1n) is 8.60. The van der Waals surface area contributed by atoms with Gasteiger partial charge in [0.05, 0.1) is 11.1 Å². The Hall–Kier alpha value is -3.54. The Balaban J connectivity index is 1.81. The Morgan fingerprint density at radius 2 is 1.04 bits per heavy atom. The maximum Gasteiger partial charge on any atom is 0.258 e. The van der Waals surface area contributed by atoms with E-state index < -0.39 is 23.4 Å². The molecule has 6 heteroatoms. The smallest absolute Gasteiger partial charge is 0.258 e. The van der Waals surface area contributed by atoms with Gasteiger partial charge in [0.1, 0.15) is 11.6 Å². The molecule has 3 aromatic rings. The highest BCUT2D eigenvalue weighted by Gasteiger charge is 2.15. The minimum atomic E-state index is -0.608. The van der Waals surface area contributed by atoms with Gasteiger partial charge in [-0.3, -0.25) is 9.59 Å². The molecular weight excluding hydrogens is 362 g/mol. The lowest BCUT2D eigenvalue weighted by molar-refractivity contribution is 0.101. The number of nitrogens with one attached hydrogen (secondary N) is 2. The van der Waals surface area contributed by atoms with Gasteiger partial charge >= 0.3 is 0 Å². The maximum absolute atomic E-state index is 13.8. The van der Waals surface area contributed by atoms with Crippen molar-refractivity contribution in [2.75, 3.05) is 10.6 Å². The zero-order chi connectivity index (χ0) is 20.3. The summed E-state index contributed by atoms with van der Waals surface area (Å²) in [7, 11) is 0. The van der Waals surface area contributed by atoms with Crippen molar-refractivity contribution in [2.24, 2.45) is 0 Å². The van der Waals surface area contributed by atoms with E-state index in [1.165, 1.54) is 36.4 Å². The van der Waals surface area contributed by atoms with Gasteiger partial charge in [-0.2, -0.15) is 0 Å². The van der Waals surface area contributed by atoms with Gasteiger partial charge in [0, 0.05) is 11.4 Å². The van der Waals surface area contributed by atoms with Crippen LogP contribution in [-0.2, 0) is 0 Å². The lowest BCUT2D eigenvalue weighted by Gasteiger charge is -2.14. The molecule has 2 N–H and O–H groups in total. The highest BCUT2D eigenvalue weighted by atomic mass is 19.1. The highest BCUT2D eigenvalue weighted by Crippen LogP contribution is 2.26. The fraction of sp³-hybridized carbons (Fsp3) is 0.0909. The molecule has 0 heterocycles. The number of rotatable bonds is 4. The molecule has 0 spiro atoms. The Morgan fingerprint density at radius 1 is 0.679 bits per heavy atom. The van der Waals surface area contributed by atoms with E-state index in [9.17, 15) is 18.4 Å². The highest BCUT2D eigenvalue weighted by molar-refractivity contribution is 6.06. The number of amides is 2. The summed E-state index contributed by atoms with van der Waals surface area (Å²) in [5.74, 6) is -2.35. The zero-order valence-electron chi connectivity index (χ0n) is 15.3. The molecule has 0 aliphatic carbocycles. The molecule has 0 unspecified atom stereocenters. The number of hydrogen-bond acceptors (Lipinski definition) is 2. The van der Waals surface area contributed by atoms with Crippen LogP contribution in [0.5, 0.6) is 0 Å². The average Bonchev–Trinajstić information content (AvgIpc) is 2.66. The molecule has 3 aromatic carbocycles. The van der Waals surface area contributed by atoms with Crippen LogP contribution in [0.4, 0.5) is 20.2 Å². The molecule has 0 aromatic heterocycles. The molecule has 2 amide bonds. The number of carbonyl (C=O) groups excluding carboxylic acids is 2. The molecule has 0 bridgehead atoms. The van der Waals surface area contributed by atoms with Gasteiger partial charge in [0.2, 0.25) is 0 Å². The Morgan fingerprint density at radius 3 is 1.39 bits per heavy atom. The largest absolute Gasteiger partial charge is 0.322 e. The average molecular weight is 380 g/mol. The van der Waals surface area contributed by atoms with Crippen LogP contribution < -0.4 is 10.6 Å². The Kier molecular flexibility index (Phi) is 5.49. The Bertz CT molecular complexity index is 979. The third-order valence-corrected chi connectivity index (χ3v) is 4.30. The minimum Gasteiger partial charge on any atom is -0.322 e. The fourth-order valence-electron chi connectivity index (χ4n) is 2.76. The van der Waals surface area contributed by atoms with E-state index in [0.29, 0.717) is 22.5 Å². The van der Waals surface area contributed by atoms with E-state index in [2.05, 4.69) is 10.6 Å². The van der Waals surface area contributed by atoms with Crippen molar-refractivity contribution in [2.45, 2.75) is 13.8 Å². The molecule has 4 nitrogen and oxygen atoms in total. The second-order valence-corrected chi connectivity index (χ2v) is 6.35. The second kappa shape index (κ2) is 8.00. The summed E-state index contributed by atoms with van der Waals surface area (Å²) in [6.45, 7) is 3.49. The number of aryl methyl sites for hydroxylation is 2. The van der Waals surface area contributed by atoms with Gasteiger partial charge < -0.3 is 10.6 Å². The van der Waals surface area contributed by atoms with Crippen molar-refractivity contribution >= 4 is 23.2 Å². The summed E-state index contributed by atoms with van der Waals surface area (Å²) in [6, 6.07) is 14.8. The van der Waals surface area contributed by atoms with Crippen LogP contribution in [0.15, 0.2) is 60.7 Å². The second-order valence-electron chi connectivity index (χ2n) is 6.35. The summed E-state index contributed by atoms with van der Waals surface area (Å²) in [6.07, 6.45) is 0. The number of carbonyl (C=O) groups is 2. The van der Waals surface area contributed by atoms with Gasteiger partial charge in [-0.25, -0.2) is 8.78 Å². The van der Waals surface area contributed by atoms with Crippen molar-refractivity contribution in [3.63, 3.8) is 0 Å². The monoisotopic (exact) mass is 380 g/mol. The first-order chi connectivity index (χ1) is 13.4. The molecule has 0 radical (unpaired) electrons. The lowest BCUT2D eigenvalue weighted by atomic mass is 10.1. The van der Waals surface area contributed by atoms with Crippen molar-refractivity contribution in [1.82, 2.24) is 0 Å². The van der Waals surface area contributed by atoms with Crippen LogP contribution in [0, 0.1) is 25.5 Å². The third-order valence-electron chi connectivity index (χ3n) is 4.30. The van der Waals surface area contributed by atoms with Gasteiger partial charge in [-0.1, -0.05) is 24.3 Å². The van der Waals surface area contributed by atoms with Gasteiger partial charge in [-0.05, 0) is 61.4 Å². The lowest BCUT2D eigenvalue weighted by Crippen LogP contribution is -2.16. The first kappa shape index (κ1) is 19.2. The molecule has 0 aliphatic rings. The van der Waals surface area contributed by atoms with Gasteiger partial charge in [0.15, 0.2) is 0 Å². The van der Waals surface area contributed by atoms with E-state index in [1.54, 1.807) is 38.1 Å². The van der Waals surface area contributed by atoms with Crippen LogP contribution in [0.1, 0.15) is 31.8 Å². The van der Waals surface area contributed by atoms with Crippen LogP contribution in [0.2, 0.25) is 0 Å². The van der Waals surface area contributed by atoms with Crippen molar-refractivity contribution in [3.05, 3.63) is 94.6 Å². The SMILES string of the molecule is Cc1cc(NC(=O)c2ccccc2F)c(C)cc1NC(=O)c1ccccc1F. The topological polar surface area (TPSA) is 58.2 Å². The van der Waals surface area contributed by atoms with Crippen molar-refractivity contribution in [3.8, 4) is 0 Å². The molecule has 28 heavy (non-hydrogen) atoms. The van der Waals surface area contributed by atoms with Crippen molar-refractivity contribution < 1.29 is 18.4 Å². The third kappa shape index (κ3) is 4.06. The molecule has 0 atom stereocenters. The minimum absolute atomic E-state index is 0.0588. The summed E-state index contributed by atoms with van der Waals surface area (Å²) < 4.78 is 27.6. The number of benzene rings is 3.